The number of benzene rings is 2. The zero-order valence-electron chi connectivity index (χ0n) is 16.4. The van der Waals surface area contributed by atoms with E-state index in [0.29, 0.717) is 16.1 Å². The summed E-state index contributed by atoms with van der Waals surface area (Å²) in [7, 11) is 1.42. The fourth-order valence-electron chi connectivity index (χ4n) is 4.52. The number of halogens is 2. The Bertz CT molecular complexity index is 942. The number of amides is 1. The summed E-state index contributed by atoms with van der Waals surface area (Å²) < 4.78 is 21.1. The number of carbonyl (C=O) groups is 1. The third-order valence-electron chi connectivity index (χ3n) is 6.25. The van der Waals surface area contributed by atoms with Crippen LogP contribution in [-0.2, 0) is 16.1 Å². The van der Waals surface area contributed by atoms with Gasteiger partial charge in [0.05, 0.1) is 16.7 Å². The van der Waals surface area contributed by atoms with Crippen LogP contribution in [0.3, 0.4) is 0 Å². The van der Waals surface area contributed by atoms with Crippen molar-refractivity contribution in [2.24, 2.45) is 5.92 Å². The van der Waals surface area contributed by atoms with Crippen LogP contribution in [0.5, 0.6) is 0 Å². The Morgan fingerprint density at radius 2 is 1.90 bits per heavy atom. The molecule has 2 aromatic rings. The lowest BCUT2D eigenvalue weighted by Gasteiger charge is -2.36. The van der Waals surface area contributed by atoms with Crippen LogP contribution in [0.1, 0.15) is 46.8 Å². The first-order valence-corrected chi connectivity index (χ1v) is 10.1. The number of carbonyl (C=O) groups excluding carboxylic acids is 1. The summed E-state index contributed by atoms with van der Waals surface area (Å²) in [5, 5.41) is 17.8. The largest absolute Gasteiger partial charge is 0.385 e. The molecule has 1 saturated heterocycles. The highest BCUT2D eigenvalue weighted by molar-refractivity contribution is 6.30. The second-order valence-electron chi connectivity index (χ2n) is 7.90. The van der Waals surface area contributed by atoms with Crippen LogP contribution in [-0.4, -0.2) is 31.2 Å². The van der Waals surface area contributed by atoms with Crippen molar-refractivity contribution in [2.75, 3.05) is 20.2 Å². The van der Waals surface area contributed by atoms with Crippen molar-refractivity contribution in [1.82, 2.24) is 10.6 Å². The molecule has 154 valence electrons. The normalized spacial score (nSPS) is 24.1. The van der Waals surface area contributed by atoms with Gasteiger partial charge in [-0.2, -0.15) is 0 Å². The maximum absolute atomic E-state index is 15.4. The number of rotatable bonds is 4. The van der Waals surface area contributed by atoms with Gasteiger partial charge in [0.25, 0.3) is 5.91 Å². The monoisotopic (exact) mass is 418 g/mol. The van der Waals surface area contributed by atoms with Crippen molar-refractivity contribution in [3.63, 3.8) is 0 Å². The Labute approximate surface area is 174 Å². The molecular weight excluding hydrogens is 395 g/mol. The molecule has 4 rings (SSSR count). The second kappa shape index (κ2) is 7.36. The maximum Gasteiger partial charge on any atom is 0.254 e. The minimum Gasteiger partial charge on any atom is -0.385 e. The van der Waals surface area contributed by atoms with Gasteiger partial charge < -0.3 is 20.5 Å². The van der Waals surface area contributed by atoms with Gasteiger partial charge in [-0.15, -0.1) is 0 Å². The lowest BCUT2D eigenvalue weighted by Crippen LogP contribution is -2.42. The maximum atomic E-state index is 15.4. The van der Waals surface area contributed by atoms with E-state index in [1.54, 1.807) is 37.3 Å². The van der Waals surface area contributed by atoms with Gasteiger partial charge in [0.1, 0.15) is 5.82 Å². The lowest BCUT2D eigenvalue weighted by molar-refractivity contribution is -0.0192. The van der Waals surface area contributed by atoms with Gasteiger partial charge in [-0.25, -0.2) is 4.39 Å². The first kappa shape index (κ1) is 20.3. The summed E-state index contributed by atoms with van der Waals surface area (Å²) in [4.78, 5) is 12.8. The summed E-state index contributed by atoms with van der Waals surface area (Å²) in [5.74, 6) is -1.06. The molecule has 2 unspecified atom stereocenters. The molecule has 1 amide bonds. The van der Waals surface area contributed by atoms with E-state index in [9.17, 15) is 9.90 Å². The Balaban J connectivity index is 1.82. The van der Waals surface area contributed by atoms with E-state index in [1.807, 2.05) is 0 Å². The van der Waals surface area contributed by atoms with Crippen LogP contribution < -0.4 is 10.6 Å². The van der Waals surface area contributed by atoms with Crippen molar-refractivity contribution >= 4 is 17.5 Å². The number of fused-ring (bicyclic) bond motifs is 1. The molecule has 0 aromatic heterocycles. The molecular formula is C22H24ClFN2O3. The summed E-state index contributed by atoms with van der Waals surface area (Å²) in [6.07, 6.45) is 1.56. The minimum atomic E-state index is -1.44. The number of nitrogens with one attached hydrogen (secondary N) is 2. The van der Waals surface area contributed by atoms with Crippen molar-refractivity contribution in [3.8, 4) is 0 Å². The van der Waals surface area contributed by atoms with E-state index >= 15 is 4.39 Å². The van der Waals surface area contributed by atoms with Gasteiger partial charge in [0.15, 0.2) is 5.72 Å². The first-order valence-electron chi connectivity index (χ1n) is 9.71. The number of methoxy groups -OCH3 is 1. The number of piperidine rings is 1. The van der Waals surface area contributed by atoms with Gasteiger partial charge in [-0.05, 0) is 68.6 Å². The van der Waals surface area contributed by atoms with E-state index in [2.05, 4.69) is 10.6 Å². The molecule has 0 spiro atoms. The lowest BCUT2D eigenvalue weighted by atomic mass is 9.76. The third-order valence-corrected chi connectivity index (χ3v) is 6.50. The first-order chi connectivity index (χ1) is 13.8. The van der Waals surface area contributed by atoms with Crippen LogP contribution >= 0.6 is 11.6 Å². The zero-order chi connectivity index (χ0) is 20.8. The molecule has 0 aliphatic carbocycles. The molecule has 3 N–H and O–H groups in total. The Morgan fingerprint density at radius 3 is 2.52 bits per heavy atom. The Kier molecular flexibility index (Phi) is 5.15. The van der Waals surface area contributed by atoms with Crippen molar-refractivity contribution in [1.29, 1.82) is 0 Å². The van der Waals surface area contributed by atoms with E-state index in [0.717, 1.165) is 25.9 Å². The molecule has 7 heteroatoms. The number of ether oxygens (including phenoxy) is 1. The van der Waals surface area contributed by atoms with Crippen molar-refractivity contribution in [2.45, 2.75) is 31.1 Å². The zero-order valence-corrected chi connectivity index (χ0v) is 17.1. The predicted molar refractivity (Wildman–Crippen MR) is 108 cm³/mol. The predicted octanol–water partition coefficient (Wildman–Crippen LogP) is 3.28. The smallest absolute Gasteiger partial charge is 0.254 e. The molecule has 2 aromatic carbocycles. The minimum absolute atomic E-state index is 0.0193. The molecule has 0 bridgehead atoms. The van der Waals surface area contributed by atoms with Gasteiger partial charge in [0.2, 0.25) is 0 Å². The average molecular weight is 419 g/mol. The quantitative estimate of drug-likeness (QED) is 0.712. The topological polar surface area (TPSA) is 70.6 Å². The summed E-state index contributed by atoms with van der Waals surface area (Å²) >= 11 is 5.98. The highest BCUT2D eigenvalue weighted by Crippen LogP contribution is 2.43. The van der Waals surface area contributed by atoms with Gasteiger partial charge >= 0.3 is 0 Å². The van der Waals surface area contributed by atoms with Crippen LogP contribution in [0, 0.1) is 11.7 Å². The summed E-state index contributed by atoms with van der Waals surface area (Å²) in [6, 6.07) is 9.63. The van der Waals surface area contributed by atoms with Crippen molar-refractivity contribution < 1.29 is 19.0 Å². The fourth-order valence-corrected chi connectivity index (χ4v) is 4.64. The fraction of sp³-hybridized carbons (Fsp3) is 0.409. The second-order valence-corrected chi connectivity index (χ2v) is 8.34. The number of hydrogen-bond donors (Lipinski definition) is 3. The van der Waals surface area contributed by atoms with Gasteiger partial charge in [-0.3, -0.25) is 4.79 Å². The Hall–Kier alpha value is -1.99. The molecule has 2 aliphatic rings. The summed E-state index contributed by atoms with van der Waals surface area (Å²) in [6.45, 7) is 3.30. The van der Waals surface area contributed by atoms with E-state index in [1.165, 1.54) is 13.2 Å². The molecule has 0 saturated carbocycles. The molecule has 2 atom stereocenters. The standard InChI is InChI=1S/C22H24ClFN2O3/c1-21(28,13-7-9-25-10-8-13)15-11-17-19(18(24)12-15)22(29-2,26-20(17)27)14-3-5-16(23)6-4-14/h3-6,11-13,25,28H,7-10H2,1-2H3,(H,26,27). The molecule has 2 aliphatic heterocycles. The van der Waals surface area contributed by atoms with Crippen LogP contribution in [0.25, 0.3) is 0 Å². The van der Waals surface area contributed by atoms with Crippen LogP contribution in [0.2, 0.25) is 5.02 Å². The molecule has 0 radical (unpaired) electrons. The SMILES string of the molecule is COC1(c2ccc(Cl)cc2)NC(=O)c2cc(C(C)(O)C3CCNCC3)cc(F)c21. The molecule has 2 heterocycles. The average Bonchev–Trinajstić information content (AvgIpc) is 3.02. The van der Waals surface area contributed by atoms with Gasteiger partial charge in [-0.1, -0.05) is 23.7 Å². The molecule has 29 heavy (non-hydrogen) atoms. The third kappa shape index (κ3) is 3.24. The summed E-state index contributed by atoms with van der Waals surface area (Å²) in [5.41, 5.74) is -1.42. The number of hydrogen-bond acceptors (Lipinski definition) is 4. The number of aliphatic hydroxyl groups is 1. The van der Waals surface area contributed by atoms with E-state index in [4.69, 9.17) is 16.3 Å². The van der Waals surface area contributed by atoms with Crippen LogP contribution in [0.4, 0.5) is 4.39 Å². The highest BCUT2D eigenvalue weighted by Gasteiger charge is 2.48. The Morgan fingerprint density at radius 1 is 1.24 bits per heavy atom. The van der Waals surface area contributed by atoms with Gasteiger partial charge in [0, 0.05) is 17.7 Å². The van der Waals surface area contributed by atoms with E-state index < -0.39 is 23.1 Å². The van der Waals surface area contributed by atoms with E-state index in [-0.39, 0.29) is 17.0 Å². The molecule has 5 nitrogen and oxygen atoms in total. The van der Waals surface area contributed by atoms with Crippen molar-refractivity contribution in [3.05, 3.63) is 69.5 Å². The highest BCUT2D eigenvalue weighted by atomic mass is 35.5. The molecule has 1 fully saturated rings. The van der Waals surface area contributed by atoms with Crippen LogP contribution in [0.15, 0.2) is 36.4 Å².